The van der Waals surface area contributed by atoms with Crippen LogP contribution in [0, 0.1) is 0 Å². The molecule has 1 fully saturated rings. The highest BCUT2D eigenvalue weighted by Crippen LogP contribution is 2.28. The summed E-state index contributed by atoms with van der Waals surface area (Å²) in [6.07, 6.45) is 2.20. The minimum Gasteiger partial charge on any atom is -0.462 e. The van der Waals surface area contributed by atoms with E-state index in [1.165, 1.54) is 0 Å². The molecule has 4 heteroatoms. The van der Waals surface area contributed by atoms with Crippen molar-refractivity contribution in [2.45, 2.75) is 70.8 Å². The molecule has 0 amide bonds. The number of aliphatic hydroxyl groups excluding tert-OH is 1. The molecule has 3 N–H and O–H groups in total. The zero-order chi connectivity index (χ0) is 14.1. The average molecular weight is 266 g/mol. The summed E-state index contributed by atoms with van der Waals surface area (Å²) in [5.74, 6) is 1.51. The molecule has 0 atom stereocenters. The van der Waals surface area contributed by atoms with Crippen LogP contribution in [0.5, 0.6) is 0 Å². The molecule has 2 rings (SSSR count). The van der Waals surface area contributed by atoms with Gasteiger partial charge in [-0.3, -0.25) is 0 Å². The summed E-state index contributed by atoms with van der Waals surface area (Å²) in [5, 5.41) is 16.2. The first-order valence-corrected chi connectivity index (χ1v) is 7.01. The predicted molar refractivity (Wildman–Crippen MR) is 75.8 cm³/mol. The largest absolute Gasteiger partial charge is 0.462 e. The van der Waals surface area contributed by atoms with E-state index in [0.717, 1.165) is 25.1 Å². The third-order valence-corrected chi connectivity index (χ3v) is 3.63. The van der Waals surface area contributed by atoms with E-state index >= 15 is 0 Å². The summed E-state index contributed by atoms with van der Waals surface area (Å²) in [4.78, 5) is 0. The summed E-state index contributed by atoms with van der Waals surface area (Å²) >= 11 is 0. The summed E-state index contributed by atoms with van der Waals surface area (Å²) in [5.41, 5.74) is 0.303. The summed E-state index contributed by atoms with van der Waals surface area (Å²) < 4.78 is 5.50. The molecule has 1 aliphatic rings. The van der Waals surface area contributed by atoms with E-state index in [1.807, 2.05) is 12.1 Å². The van der Waals surface area contributed by atoms with Crippen molar-refractivity contribution in [1.29, 1.82) is 0 Å². The zero-order valence-corrected chi connectivity index (χ0v) is 12.4. The van der Waals surface area contributed by atoms with Crippen LogP contribution < -0.4 is 10.6 Å². The first-order valence-electron chi connectivity index (χ1n) is 7.01. The molecule has 1 saturated heterocycles. The highest BCUT2D eigenvalue weighted by molar-refractivity contribution is 5.07. The van der Waals surface area contributed by atoms with Crippen LogP contribution >= 0.6 is 0 Å². The number of hydrogen-bond donors (Lipinski definition) is 3. The molecular weight excluding hydrogens is 240 g/mol. The number of hydrogen-bond acceptors (Lipinski definition) is 4. The first kappa shape index (κ1) is 14.6. The van der Waals surface area contributed by atoms with Gasteiger partial charge in [0.15, 0.2) is 0 Å². The van der Waals surface area contributed by atoms with Crippen molar-refractivity contribution in [3.8, 4) is 0 Å². The van der Waals surface area contributed by atoms with Gasteiger partial charge in [0.1, 0.15) is 18.1 Å². The summed E-state index contributed by atoms with van der Waals surface area (Å²) in [7, 11) is 0. The smallest absolute Gasteiger partial charge is 0.129 e. The Hall–Kier alpha value is -0.840. The highest BCUT2D eigenvalue weighted by Gasteiger charge is 2.37. The van der Waals surface area contributed by atoms with E-state index in [0.29, 0.717) is 11.8 Å². The van der Waals surface area contributed by atoms with Crippen LogP contribution in [0.2, 0.25) is 0 Å². The van der Waals surface area contributed by atoms with E-state index in [9.17, 15) is 0 Å². The van der Waals surface area contributed by atoms with Crippen molar-refractivity contribution in [2.75, 3.05) is 0 Å². The third-order valence-electron chi connectivity index (χ3n) is 3.63. The third kappa shape index (κ3) is 4.06. The van der Waals surface area contributed by atoms with Crippen LogP contribution in [0.4, 0.5) is 0 Å². The number of furan rings is 1. The van der Waals surface area contributed by atoms with Crippen molar-refractivity contribution < 1.29 is 9.52 Å². The van der Waals surface area contributed by atoms with Gasteiger partial charge < -0.3 is 20.2 Å². The normalized spacial score (nSPS) is 22.6. The Morgan fingerprint density at radius 1 is 1.21 bits per heavy atom. The molecule has 4 nitrogen and oxygen atoms in total. The minimum atomic E-state index is -0.0343. The van der Waals surface area contributed by atoms with Crippen LogP contribution in [-0.4, -0.2) is 22.2 Å². The van der Waals surface area contributed by atoms with Crippen LogP contribution in [0.1, 0.15) is 52.1 Å². The molecule has 108 valence electrons. The second kappa shape index (κ2) is 5.27. The van der Waals surface area contributed by atoms with Gasteiger partial charge in [-0.05, 0) is 52.7 Å². The molecule has 0 bridgehead atoms. The average Bonchev–Trinajstić information content (AvgIpc) is 2.70. The Labute approximate surface area is 115 Å². The maximum Gasteiger partial charge on any atom is 0.129 e. The van der Waals surface area contributed by atoms with E-state index in [-0.39, 0.29) is 17.7 Å². The Morgan fingerprint density at radius 2 is 1.79 bits per heavy atom. The van der Waals surface area contributed by atoms with Gasteiger partial charge >= 0.3 is 0 Å². The molecule has 0 radical (unpaired) electrons. The van der Waals surface area contributed by atoms with Gasteiger partial charge in [-0.25, -0.2) is 0 Å². The van der Waals surface area contributed by atoms with Crippen molar-refractivity contribution in [3.63, 3.8) is 0 Å². The molecule has 1 aromatic heterocycles. The topological polar surface area (TPSA) is 57.4 Å². The summed E-state index contributed by atoms with van der Waals surface area (Å²) in [6.45, 7) is 9.68. The molecule has 0 aliphatic carbocycles. The Kier molecular flexibility index (Phi) is 4.04. The van der Waals surface area contributed by atoms with E-state index in [1.54, 1.807) is 0 Å². The van der Waals surface area contributed by atoms with E-state index < -0.39 is 0 Å². The van der Waals surface area contributed by atoms with Crippen molar-refractivity contribution in [1.82, 2.24) is 10.6 Å². The molecule has 0 aromatic carbocycles. The number of rotatable bonds is 4. The molecular formula is C15H26N2O2. The molecule has 0 saturated carbocycles. The number of piperidine rings is 1. The quantitative estimate of drug-likeness (QED) is 0.782. The molecule has 0 spiro atoms. The lowest BCUT2D eigenvalue weighted by atomic mass is 9.79. The minimum absolute atomic E-state index is 0.0343. The number of aliphatic hydroxyl groups is 1. The van der Waals surface area contributed by atoms with E-state index in [2.05, 4.69) is 38.3 Å². The van der Waals surface area contributed by atoms with E-state index in [4.69, 9.17) is 9.52 Å². The molecule has 1 aliphatic heterocycles. The lowest BCUT2D eigenvalue weighted by Gasteiger charge is -2.46. The number of nitrogens with one attached hydrogen (secondary N) is 2. The van der Waals surface area contributed by atoms with Gasteiger partial charge in [0.25, 0.3) is 0 Å². The second-order valence-electron chi connectivity index (χ2n) is 6.90. The lowest BCUT2D eigenvalue weighted by molar-refractivity contribution is 0.144. The fourth-order valence-corrected chi connectivity index (χ4v) is 3.31. The Morgan fingerprint density at radius 3 is 2.32 bits per heavy atom. The van der Waals surface area contributed by atoms with Gasteiger partial charge in [0, 0.05) is 17.1 Å². The zero-order valence-electron chi connectivity index (χ0n) is 12.4. The SMILES string of the molecule is CC1(C)CC(NCc2ccc(CO)o2)CC(C)(C)N1. The van der Waals surface area contributed by atoms with Crippen LogP contribution in [0.25, 0.3) is 0 Å². The fourth-order valence-electron chi connectivity index (χ4n) is 3.31. The van der Waals surface area contributed by atoms with Crippen LogP contribution in [0.15, 0.2) is 16.5 Å². The molecule has 2 heterocycles. The van der Waals surface area contributed by atoms with Crippen molar-refractivity contribution >= 4 is 0 Å². The second-order valence-corrected chi connectivity index (χ2v) is 6.90. The van der Waals surface area contributed by atoms with Crippen LogP contribution in [0.3, 0.4) is 0 Å². The Balaban J connectivity index is 1.91. The van der Waals surface area contributed by atoms with Gasteiger partial charge in [-0.15, -0.1) is 0 Å². The van der Waals surface area contributed by atoms with Gasteiger partial charge in [0.05, 0.1) is 6.54 Å². The first-order chi connectivity index (χ1) is 8.80. The highest BCUT2D eigenvalue weighted by atomic mass is 16.4. The van der Waals surface area contributed by atoms with Gasteiger partial charge in [-0.1, -0.05) is 0 Å². The maximum atomic E-state index is 8.98. The van der Waals surface area contributed by atoms with Gasteiger partial charge in [-0.2, -0.15) is 0 Å². The molecule has 0 unspecified atom stereocenters. The fraction of sp³-hybridized carbons (Fsp3) is 0.733. The summed E-state index contributed by atoms with van der Waals surface area (Å²) in [6, 6.07) is 4.23. The van der Waals surface area contributed by atoms with Crippen molar-refractivity contribution in [2.24, 2.45) is 0 Å². The lowest BCUT2D eigenvalue weighted by Crippen LogP contribution is -2.61. The maximum absolute atomic E-state index is 8.98. The standard InChI is InChI=1S/C15H26N2O2/c1-14(2)7-11(8-15(3,4)17-14)16-9-12-5-6-13(10-18)19-12/h5-6,11,16-18H,7-10H2,1-4H3. The molecule has 19 heavy (non-hydrogen) atoms. The van der Waals surface area contributed by atoms with Crippen molar-refractivity contribution in [3.05, 3.63) is 23.7 Å². The Bertz CT molecular complexity index is 408. The van der Waals surface area contributed by atoms with Crippen LogP contribution in [-0.2, 0) is 13.2 Å². The predicted octanol–water partition coefficient (Wildman–Crippen LogP) is 2.17. The monoisotopic (exact) mass is 266 g/mol. The molecule has 1 aromatic rings. The van der Waals surface area contributed by atoms with Gasteiger partial charge in [0.2, 0.25) is 0 Å².